The highest BCUT2D eigenvalue weighted by molar-refractivity contribution is 7.22. The van der Waals surface area contributed by atoms with Crippen LogP contribution in [0.25, 0.3) is 10.2 Å². The lowest BCUT2D eigenvalue weighted by molar-refractivity contribution is -0.121. The van der Waals surface area contributed by atoms with Crippen LogP contribution in [0.1, 0.15) is 28.8 Å². The van der Waals surface area contributed by atoms with Crippen molar-refractivity contribution >= 4 is 50.1 Å². The molecule has 0 saturated carbocycles. The van der Waals surface area contributed by atoms with Gasteiger partial charge in [-0.2, -0.15) is 0 Å². The molecule has 0 spiro atoms. The average Bonchev–Trinajstić information content (AvgIpc) is 3.44. The molecule has 5 rings (SSSR count). The molecule has 8 heteroatoms. The predicted molar refractivity (Wildman–Crippen MR) is 131 cm³/mol. The van der Waals surface area contributed by atoms with Crippen LogP contribution in [0.2, 0.25) is 0 Å². The lowest BCUT2D eigenvalue weighted by atomic mass is 10.1. The van der Waals surface area contributed by atoms with Crippen LogP contribution >= 0.6 is 11.3 Å². The van der Waals surface area contributed by atoms with Gasteiger partial charge in [-0.3, -0.25) is 24.2 Å². The topological polar surface area (TPSA) is 79.8 Å². The van der Waals surface area contributed by atoms with E-state index in [1.807, 2.05) is 48.5 Å². The van der Waals surface area contributed by atoms with Gasteiger partial charge in [0.1, 0.15) is 5.75 Å². The number of methoxy groups -OCH3 is 1. The number of imide groups is 1. The van der Waals surface area contributed by atoms with Crippen LogP contribution in [-0.4, -0.2) is 29.8 Å². The normalized spacial score (nSPS) is 13.5. The summed E-state index contributed by atoms with van der Waals surface area (Å²) in [5.74, 6) is -0.0566. The lowest BCUT2D eigenvalue weighted by Crippen LogP contribution is -2.31. The van der Waals surface area contributed by atoms with Crippen molar-refractivity contribution in [2.24, 2.45) is 0 Å². The second kappa shape index (κ2) is 9.07. The van der Waals surface area contributed by atoms with Gasteiger partial charge < -0.3 is 4.74 Å². The Morgan fingerprint density at radius 1 is 1.00 bits per heavy atom. The third kappa shape index (κ3) is 4.15. The van der Waals surface area contributed by atoms with Crippen molar-refractivity contribution in [3.05, 3.63) is 83.9 Å². The largest absolute Gasteiger partial charge is 0.497 e. The summed E-state index contributed by atoms with van der Waals surface area (Å²) in [6.45, 7) is 0.322. The summed E-state index contributed by atoms with van der Waals surface area (Å²) in [5.41, 5.74) is 2.51. The summed E-state index contributed by atoms with van der Waals surface area (Å²) in [4.78, 5) is 45.7. The molecule has 3 amide bonds. The monoisotopic (exact) mass is 471 g/mol. The van der Waals surface area contributed by atoms with Crippen molar-refractivity contribution in [1.82, 2.24) is 4.98 Å². The smallest absolute Gasteiger partial charge is 0.260 e. The van der Waals surface area contributed by atoms with E-state index < -0.39 is 0 Å². The molecule has 0 unspecified atom stereocenters. The minimum Gasteiger partial charge on any atom is -0.497 e. The van der Waals surface area contributed by atoms with E-state index in [1.165, 1.54) is 11.3 Å². The van der Waals surface area contributed by atoms with E-state index in [4.69, 9.17) is 9.72 Å². The SMILES string of the molecule is COc1ccc2nc(N(Cc3ccccc3)C(=O)c3cccc(N4C(=O)CCC4=O)c3)sc2c1. The summed E-state index contributed by atoms with van der Waals surface area (Å²) in [5, 5.41) is 0.552. The van der Waals surface area contributed by atoms with Crippen LogP contribution in [-0.2, 0) is 16.1 Å². The Kier molecular flexibility index (Phi) is 5.81. The number of aromatic nitrogens is 1. The van der Waals surface area contributed by atoms with Crippen molar-refractivity contribution in [2.75, 3.05) is 16.9 Å². The number of fused-ring (bicyclic) bond motifs is 1. The molecule has 0 atom stereocenters. The van der Waals surface area contributed by atoms with Gasteiger partial charge in [0, 0.05) is 18.4 Å². The Bertz CT molecular complexity index is 1380. The number of carbonyl (C=O) groups excluding carboxylic acids is 3. The fraction of sp³-hybridized carbons (Fsp3) is 0.154. The highest BCUT2D eigenvalue weighted by Gasteiger charge is 2.31. The van der Waals surface area contributed by atoms with Crippen LogP contribution in [0.4, 0.5) is 10.8 Å². The van der Waals surface area contributed by atoms with Gasteiger partial charge in [0.05, 0.1) is 29.6 Å². The molecule has 0 aliphatic carbocycles. The number of benzene rings is 3. The molecule has 34 heavy (non-hydrogen) atoms. The van der Waals surface area contributed by atoms with Gasteiger partial charge in [-0.05, 0) is 42.0 Å². The maximum Gasteiger partial charge on any atom is 0.260 e. The highest BCUT2D eigenvalue weighted by Crippen LogP contribution is 2.33. The number of ether oxygens (including phenoxy) is 1. The van der Waals surface area contributed by atoms with Crippen LogP contribution in [0.15, 0.2) is 72.8 Å². The first-order valence-electron chi connectivity index (χ1n) is 10.8. The molecule has 7 nitrogen and oxygen atoms in total. The van der Waals surface area contributed by atoms with E-state index in [9.17, 15) is 14.4 Å². The van der Waals surface area contributed by atoms with Crippen molar-refractivity contribution in [3.63, 3.8) is 0 Å². The first-order valence-corrected chi connectivity index (χ1v) is 11.6. The molecule has 1 aliphatic heterocycles. The van der Waals surface area contributed by atoms with Crippen LogP contribution in [0.3, 0.4) is 0 Å². The number of hydrogen-bond acceptors (Lipinski definition) is 6. The Balaban J connectivity index is 1.54. The Morgan fingerprint density at radius 3 is 2.50 bits per heavy atom. The fourth-order valence-electron chi connectivity index (χ4n) is 3.93. The van der Waals surface area contributed by atoms with Gasteiger partial charge in [-0.25, -0.2) is 4.98 Å². The maximum atomic E-state index is 13.8. The van der Waals surface area contributed by atoms with E-state index in [2.05, 4.69) is 0 Å². The van der Waals surface area contributed by atoms with E-state index in [-0.39, 0.29) is 30.6 Å². The quantitative estimate of drug-likeness (QED) is 0.377. The molecule has 1 fully saturated rings. The van der Waals surface area contributed by atoms with Gasteiger partial charge >= 0.3 is 0 Å². The number of nitrogens with zero attached hydrogens (tertiary/aromatic N) is 3. The highest BCUT2D eigenvalue weighted by atomic mass is 32.1. The second-order valence-corrected chi connectivity index (χ2v) is 8.89. The third-order valence-corrected chi connectivity index (χ3v) is 6.69. The average molecular weight is 472 g/mol. The number of anilines is 2. The third-order valence-electron chi connectivity index (χ3n) is 5.65. The van der Waals surface area contributed by atoms with Gasteiger partial charge in [0.25, 0.3) is 5.91 Å². The number of rotatable bonds is 6. The summed E-state index contributed by atoms with van der Waals surface area (Å²) < 4.78 is 6.23. The second-order valence-electron chi connectivity index (χ2n) is 7.88. The van der Waals surface area contributed by atoms with Crippen molar-refractivity contribution in [2.45, 2.75) is 19.4 Å². The van der Waals surface area contributed by atoms with Gasteiger partial charge in [-0.15, -0.1) is 0 Å². The van der Waals surface area contributed by atoms with E-state index >= 15 is 0 Å². The van der Waals surface area contributed by atoms with E-state index in [0.717, 1.165) is 26.4 Å². The zero-order chi connectivity index (χ0) is 23.7. The molecular weight excluding hydrogens is 450 g/mol. The molecule has 1 aromatic heterocycles. The standard InChI is InChI=1S/C26H21N3O4S/c1-33-20-10-11-21-22(15-20)34-26(27-21)28(16-17-6-3-2-4-7-17)25(32)18-8-5-9-19(14-18)29-23(30)12-13-24(29)31/h2-11,14-15H,12-13,16H2,1H3. The lowest BCUT2D eigenvalue weighted by Gasteiger charge is -2.21. The molecule has 4 aromatic rings. The molecule has 0 N–H and O–H groups in total. The zero-order valence-electron chi connectivity index (χ0n) is 18.4. The molecule has 1 saturated heterocycles. The minimum absolute atomic E-state index is 0.187. The van der Waals surface area contributed by atoms with Gasteiger partial charge in [0.15, 0.2) is 5.13 Å². The Labute approximate surface area is 200 Å². The Morgan fingerprint density at radius 2 is 1.76 bits per heavy atom. The molecule has 1 aliphatic rings. The van der Waals surface area contributed by atoms with Crippen LogP contribution in [0.5, 0.6) is 5.75 Å². The van der Waals surface area contributed by atoms with Crippen molar-refractivity contribution < 1.29 is 19.1 Å². The molecule has 3 aromatic carbocycles. The maximum absolute atomic E-state index is 13.8. The van der Waals surface area contributed by atoms with E-state index in [1.54, 1.807) is 36.3 Å². The number of hydrogen-bond donors (Lipinski definition) is 0. The molecule has 2 heterocycles. The van der Waals surface area contributed by atoms with Crippen molar-refractivity contribution in [3.8, 4) is 5.75 Å². The first-order chi connectivity index (χ1) is 16.5. The fourth-order valence-corrected chi connectivity index (χ4v) is 4.92. The summed E-state index contributed by atoms with van der Waals surface area (Å²) in [6, 6.07) is 21.9. The Hall–Kier alpha value is -4.04. The first kappa shape index (κ1) is 21.8. The van der Waals surface area contributed by atoms with Gasteiger partial charge in [0.2, 0.25) is 11.8 Å². The number of thiazole rings is 1. The van der Waals surface area contributed by atoms with Gasteiger partial charge in [-0.1, -0.05) is 47.7 Å². The molecular formula is C26H21N3O4S. The van der Waals surface area contributed by atoms with Crippen LogP contribution < -0.4 is 14.5 Å². The summed E-state index contributed by atoms with van der Waals surface area (Å²) in [7, 11) is 1.61. The molecule has 170 valence electrons. The minimum atomic E-state index is -0.268. The van der Waals surface area contributed by atoms with E-state index in [0.29, 0.717) is 22.9 Å². The van der Waals surface area contributed by atoms with Crippen LogP contribution in [0, 0.1) is 0 Å². The molecule has 0 bridgehead atoms. The molecule has 0 radical (unpaired) electrons. The number of carbonyl (C=O) groups is 3. The summed E-state index contributed by atoms with van der Waals surface area (Å²) in [6.07, 6.45) is 0.374. The van der Waals surface area contributed by atoms with Crippen molar-refractivity contribution in [1.29, 1.82) is 0 Å². The predicted octanol–water partition coefficient (Wildman–Crippen LogP) is 4.81. The zero-order valence-corrected chi connectivity index (χ0v) is 19.2. The summed E-state index contributed by atoms with van der Waals surface area (Å²) >= 11 is 1.40. The number of amides is 3.